The lowest BCUT2D eigenvalue weighted by Gasteiger charge is -2.09. The summed E-state index contributed by atoms with van der Waals surface area (Å²) in [4.78, 5) is 8.76. The summed E-state index contributed by atoms with van der Waals surface area (Å²) in [7, 11) is 0. The molecule has 3 N–H and O–H groups in total. The van der Waals surface area contributed by atoms with E-state index in [4.69, 9.17) is 17.3 Å². The molecule has 0 unspecified atom stereocenters. The molecular formula is C21H21ClN4. The summed E-state index contributed by atoms with van der Waals surface area (Å²) in [6.45, 7) is 1.21. The molecule has 0 atom stereocenters. The van der Waals surface area contributed by atoms with Crippen LogP contribution in [0.3, 0.4) is 0 Å². The number of pyridine rings is 1. The Bertz CT molecular complexity index is 861. The fraction of sp³-hybridized carbons (Fsp3) is 0.143. The maximum absolute atomic E-state index is 6.00. The Balaban J connectivity index is 1.61. The minimum absolute atomic E-state index is 0.437. The highest BCUT2D eigenvalue weighted by molar-refractivity contribution is 6.30. The molecule has 0 fully saturated rings. The molecule has 0 aliphatic rings. The molecule has 0 aliphatic heterocycles. The molecule has 0 radical (unpaired) electrons. The third kappa shape index (κ3) is 5.07. The predicted molar refractivity (Wildman–Crippen MR) is 108 cm³/mol. The second-order valence-electron chi connectivity index (χ2n) is 5.86. The van der Waals surface area contributed by atoms with Crippen molar-refractivity contribution >= 4 is 17.6 Å². The Labute approximate surface area is 158 Å². The van der Waals surface area contributed by atoms with Gasteiger partial charge in [-0.05, 0) is 41.0 Å². The Kier molecular flexibility index (Phi) is 6.23. The van der Waals surface area contributed by atoms with E-state index in [1.165, 1.54) is 0 Å². The number of nitrogens with two attached hydrogens (primary N) is 1. The summed E-state index contributed by atoms with van der Waals surface area (Å²) in [5.74, 6) is 0.437. The van der Waals surface area contributed by atoms with Crippen LogP contribution in [0.5, 0.6) is 0 Å². The molecule has 1 heterocycles. The van der Waals surface area contributed by atoms with Crippen molar-refractivity contribution in [2.24, 2.45) is 10.7 Å². The second kappa shape index (κ2) is 9.02. The average Bonchev–Trinajstić information content (AvgIpc) is 2.68. The Morgan fingerprint density at radius 2 is 1.77 bits per heavy atom. The molecule has 5 heteroatoms. The second-order valence-corrected chi connectivity index (χ2v) is 6.30. The summed E-state index contributed by atoms with van der Waals surface area (Å²) in [6, 6.07) is 21.9. The molecule has 4 nitrogen and oxygen atoms in total. The molecule has 1 aromatic heterocycles. The molecule has 0 spiro atoms. The number of hydrogen-bond donors (Lipinski definition) is 2. The lowest BCUT2D eigenvalue weighted by atomic mass is 10.00. The van der Waals surface area contributed by atoms with Gasteiger partial charge in [-0.3, -0.25) is 4.98 Å². The number of nitrogens with zero attached hydrogens (tertiary/aromatic N) is 2. The van der Waals surface area contributed by atoms with Crippen LogP contribution in [0.4, 0.5) is 0 Å². The van der Waals surface area contributed by atoms with E-state index in [9.17, 15) is 0 Å². The van der Waals surface area contributed by atoms with Gasteiger partial charge in [-0.1, -0.05) is 54.1 Å². The molecular weight excluding hydrogens is 344 g/mol. The van der Waals surface area contributed by atoms with E-state index in [0.717, 1.165) is 33.8 Å². The smallest absolute Gasteiger partial charge is 0.188 e. The first-order valence-electron chi connectivity index (χ1n) is 8.50. The number of hydrogen-bond acceptors (Lipinski definition) is 2. The molecule has 2 aromatic carbocycles. The quantitative estimate of drug-likeness (QED) is 0.512. The fourth-order valence-corrected chi connectivity index (χ4v) is 2.79. The monoisotopic (exact) mass is 364 g/mol. The molecule has 26 heavy (non-hydrogen) atoms. The maximum atomic E-state index is 6.00. The third-order valence-electron chi connectivity index (χ3n) is 4.01. The van der Waals surface area contributed by atoms with Gasteiger partial charge in [0.15, 0.2) is 5.96 Å². The highest BCUT2D eigenvalue weighted by atomic mass is 35.5. The van der Waals surface area contributed by atoms with Gasteiger partial charge in [0.2, 0.25) is 0 Å². The van der Waals surface area contributed by atoms with Crippen molar-refractivity contribution in [3.8, 4) is 11.1 Å². The van der Waals surface area contributed by atoms with Crippen molar-refractivity contribution < 1.29 is 0 Å². The van der Waals surface area contributed by atoms with Gasteiger partial charge < -0.3 is 11.1 Å². The molecule has 0 amide bonds. The number of halogens is 1. The number of aromatic nitrogens is 1. The maximum Gasteiger partial charge on any atom is 0.188 e. The van der Waals surface area contributed by atoms with Gasteiger partial charge in [0.05, 0.1) is 6.54 Å². The van der Waals surface area contributed by atoms with Crippen molar-refractivity contribution in [3.05, 3.63) is 89.2 Å². The first kappa shape index (κ1) is 18.0. The molecule has 3 rings (SSSR count). The van der Waals surface area contributed by atoms with Gasteiger partial charge in [0.1, 0.15) is 0 Å². The van der Waals surface area contributed by atoms with Crippen molar-refractivity contribution in [1.82, 2.24) is 10.3 Å². The van der Waals surface area contributed by atoms with Crippen molar-refractivity contribution in [2.45, 2.75) is 13.0 Å². The molecule has 3 aromatic rings. The Hall–Kier alpha value is -2.85. The minimum atomic E-state index is 0.437. The summed E-state index contributed by atoms with van der Waals surface area (Å²) >= 11 is 5.98. The predicted octanol–water partition coefficient (Wildman–Crippen LogP) is 4.05. The van der Waals surface area contributed by atoms with Crippen LogP contribution >= 0.6 is 11.6 Å². The van der Waals surface area contributed by atoms with Gasteiger partial charge in [0, 0.05) is 29.9 Å². The number of nitrogens with one attached hydrogen (secondary N) is 1. The molecule has 0 bridgehead atoms. The molecule has 0 saturated heterocycles. The van der Waals surface area contributed by atoms with Crippen LogP contribution in [-0.2, 0) is 13.0 Å². The van der Waals surface area contributed by atoms with Crippen LogP contribution in [0.2, 0.25) is 5.02 Å². The average molecular weight is 365 g/mol. The van der Waals surface area contributed by atoms with Crippen molar-refractivity contribution in [1.29, 1.82) is 0 Å². The normalized spacial score (nSPS) is 11.3. The van der Waals surface area contributed by atoms with Gasteiger partial charge >= 0.3 is 0 Å². The van der Waals surface area contributed by atoms with E-state index < -0.39 is 0 Å². The van der Waals surface area contributed by atoms with Gasteiger partial charge in [-0.15, -0.1) is 0 Å². The number of rotatable bonds is 6. The van der Waals surface area contributed by atoms with Crippen LogP contribution in [0.15, 0.2) is 77.9 Å². The van der Waals surface area contributed by atoms with Crippen LogP contribution < -0.4 is 11.1 Å². The van der Waals surface area contributed by atoms with E-state index in [-0.39, 0.29) is 0 Å². The van der Waals surface area contributed by atoms with Gasteiger partial charge in [0.25, 0.3) is 0 Å². The molecule has 0 aliphatic carbocycles. The zero-order chi connectivity index (χ0) is 18.2. The zero-order valence-corrected chi connectivity index (χ0v) is 15.2. The number of benzene rings is 2. The summed E-state index contributed by atoms with van der Waals surface area (Å²) in [6.07, 6.45) is 2.60. The largest absolute Gasteiger partial charge is 0.370 e. The van der Waals surface area contributed by atoms with E-state index in [1.807, 2.05) is 54.6 Å². The standard InChI is InChI=1S/C21H21ClN4/c22-18-10-8-16(9-11-18)20-7-2-1-5-17(20)15-26-21(23)25-14-12-19-6-3-4-13-24-19/h1-11,13H,12,14-15H2,(H3,23,25,26). The van der Waals surface area contributed by atoms with E-state index >= 15 is 0 Å². The lowest BCUT2D eigenvalue weighted by molar-refractivity contribution is 0.827. The summed E-state index contributed by atoms with van der Waals surface area (Å²) in [5, 5.41) is 3.87. The van der Waals surface area contributed by atoms with Crippen LogP contribution in [0, 0.1) is 0 Å². The van der Waals surface area contributed by atoms with Gasteiger partial charge in [-0.2, -0.15) is 0 Å². The SMILES string of the molecule is NC(=NCc1ccccc1-c1ccc(Cl)cc1)NCCc1ccccn1. The highest BCUT2D eigenvalue weighted by Gasteiger charge is 2.04. The fourth-order valence-electron chi connectivity index (χ4n) is 2.66. The van der Waals surface area contributed by atoms with Crippen molar-refractivity contribution in [3.63, 3.8) is 0 Å². The lowest BCUT2D eigenvalue weighted by Crippen LogP contribution is -2.33. The van der Waals surface area contributed by atoms with Gasteiger partial charge in [-0.25, -0.2) is 4.99 Å². The molecule has 132 valence electrons. The van der Waals surface area contributed by atoms with Crippen LogP contribution in [-0.4, -0.2) is 17.5 Å². The van der Waals surface area contributed by atoms with E-state index in [2.05, 4.69) is 27.4 Å². The third-order valence-corrected chi connectivity index (χ3v) is 4.26. The summed E-state index contributed by atoms with van der Waals surface area (Å²) < 4.78 is 0. The Morgan fingerprint density at radius 1 is 1.00 bits per heavy atom. The number of aliphatic imine (C=N–C) groups is 1. The van der Waals surface area contributed by atoms with Crippen LogP contribution in [0.25, 0.3) is 11.1 Å². The minimum Gasteiger partial charge on any atom is -0.370 e. The number of guanidine groups is 1. The summed E-state index contributed by atoms with van der Waals surface area (Å²) in [5.41, 5.74) is 10.4. The molecule has 0 saturated carbocycles. The van der Waals surface area contributed by atoms with E-state index in [1.54, 1.807) is 6.20 Å². The van der Waals surface area contributed by atoms with Crippen molar-refractivity contribution in [2.75, 3.05) is 6.54 Å². The van der Waals surface area contributed by atoms with E-state index in [0.29, 0.717) is 19.0 Å². The first-order valence-corrected chi connectivity index (χ1v) is 8.88. The topological polar surface area (TPSA) is 63.3 Å². The highest BCUT2D eigenvalue weighted by Crippen LogP contribution is 2.25. The van der Waals surface area contributed by atoms with Crippen LogP contribution in [0.1, 0.15) is 11.3 Å². The zero-order valence-electron chi connectivity index (χ0n) is 14.4. The first-order chi connectivity index (χ1) is 12.7. The Morgan fingerprint density at radius 3 is 2.54 bits per heavy atom.